The molecule has 0 radical (unpaired) electrons. The van der Waals surface area contributed by atoms with Crippen LogP contribution in [-0.4, -0.2) is 77.4 Å². The highest BCUT2D eigenvalue weighted by Crippen LogP contribution is 2.78. The highest BCUT2D eigenvalue weighted by molar-refractivity contribution is 5.92. The molecule has 2 saturated heterocycles. The maximum absolute atomic E-state index is 13.9. The summed E-state index contributed by atoms with van der Waals surface area (Å²) in [5, 5.41) is 46.4. The summed E-state index contributed by atoms with van der Waals surface area (Å²) < 4.78 is 17.0. The van der Waals surface area contributed by atoms with E-state index in [1.165, 1.54) is 14.2 Å². The minimum Gasteiger partial charge on any atom is -0.393 e. The molecule has 8 heteroatoms. The molecule has 6 aliphatic rings. The van der Waals surface area contributed by atoms with Crippen LogP contribution >= 0.6 is 0 Å². The lowest BCUT2D eigenvalue weighted by molar-refractivity contribution is -0.508. The smallest absolute Gasteiger partial charge is 0.208 e. The van der Waals surface area contributed by atoms with Crippen molar-refractivity contribution < 1.29 is 39.4 Å². The number of rotatable bonds is 3. The van der Waals surface area contributed by atoms with E-state index in [0.29, 0.717) is 25.7 Å². The van der Waals surface area contributed by atoms with Gasteiger partial charge in [-0.15, -0.1) is 0 Å². The molecule has 11 atom stereocenters. The van der Waals surface area contributed by atoms with E-state index in [4.69, 9.17) is 14.2 Å². The van der Waals surface area contributed by atoms with Gasteiger partial charge in [0, 0.05) is 32.0 Å². The number of hydrogen-bond donors (Lipinski definition) is 4. The van der Waals surface area contributed by atoms with E-state index >= 15 is 0 Å². The van der Waals surface area contributed by atoms with Crippen LogP contribution in [0.3, 0.4) is 0 Å². The second kappa shape index (κ2) is 6.25. The molecule has 4 N–H and O–H groups in total. The molecule has 6 fully saturated rings. The van der Waals surface area contributed by atoms with E-state index < -0.39 is 64.4 Å². The highest BCUT2D eigenvalue weighted by atomic mass is 16.8. The molecule has 0 aromatic rings. The third-order valence-electron chi connectivity index (χ3n) is 9.56. The summed E-state index contributed by atoms with van der Waals surface area (Å²) in [6.07, 6.45) is -2.53. The van der Waals surface area contributed by atoms with Gasteiger partial charge < -0.3 is 34.6 Å². The first-order valence-electron chi connectivity index (χ1n) is 11.0. The number of aliphatic hydroxyl groups is 4. The zero-order valence-corrected chi connectivity index (χ0v) is 18.1. The second-order valence-corrected chi connectivity index (χ2v) is 11.0. The van der Waals surface area contributed by atoms with Crippen LogP contribution in [0, 0.1) is 39.9 Å². The summed E-state index contributed by atoms with van der Waals surface area (Å²) in [6.45, 7) is 4.19. The quantitative estimate of drug-likeness (QED) is 0.499. The van der Waals surface area contributed by atoms with Crippen molar-refractivity contribution in [1.29, 1.82) is 0 Å². The molecule has 4 aliphatic carbocycles. The van der Waals surface area contributed by atoms with E-state index in [2.05, 4.69) is 0 Å². The molecule has 4 bridgehead atoms. The number of carbonyl (C=O) groups is 1. The molecule has 0 aromatic heterocycles. The number of carbonyl (C=O) groups excluding carboxylic acids is 1. The summed E-state index contributed by atoms with van der Waals surface area (Å²) in [5.41, 5.74) is -3.17. The zero-order chi connectivity index (χ0) is 21.9. The topological polar surface area (TPSA) is 126 Å². The van der Waals surface area contributed by atoms with Crippen molar-refractivity contribution >= 4 is 5.78 Å². The normalized spacial score (nSPS) is 58.5. The van der Waals surface area contributed by atoms with Crippen molar-refractivity contribution in [3.63, 3.8) is 0 Å². The monoisotopic (exact) mass is 426 g/mol. The SMILES string of the molecule is COC[C@H]1C(=O)[C@]23C[C@H]1C[C@H](O)[C@H]2[C@@]12C(OC)O[C@]3(O)[C@@H](O)[C@@H]1C(C)(C)CC[C@@H]2O. The van der Waals surface area contributed by atoms with E-state index in [-0.39, 0.29) is 18.3 Å². The van der Waals surface area contributed by atoms with Crippen molar-refractivity contribution in [1.82, 2.24) is 0 Å². The molecule has 2 heterocycles. The van der Waals surface area contributed by atoms with Gasteiger partial charge in [0.1, 0.15) is 6.10 Å². The van der Waals surface area contributed by atoms with Crippen LogP contribution in [0.2, 0.25) is 0 Å². The Morgan fingerprint density at radius 3 is 2.50 bits per heavy atom. The van der Waals surface area contributed by atoms with Gasteiger partial charge in [-0.3, -0.25) is 4.79 Å². The van der Waals surface area contributed by atoms with Gasteiger partial charge >= 0.3 is 0 Å². The number of fused-ring (bicyclic) bond motifs is 2. The lowest BCUT2D eigenvalue weighted by Crippen LogP contribution is -2.87. The van der Waals surface area contributed by atoms with Gasteiger partial charge in [-0.25, -0.2) is 0 Å². The first kappa shape index (κ1) is 21.2. The fourth-order valence-corrected chi connectivity index (χ4v) is 8.73. The summed E-state index contributed by atoms with van der Waals surface area (Å²) in [4.78, 5) is 13.9. The van der Waals surface area contributed by atoms with Gasteiger partial charge in [0.05, 0.1) is 29.6 Å². The first-order chi connectivity index (χ1) is 14.0. The Morgan fingerprint density at radius 1 is 1.17 bits per heavy atom. The number of hydrogen-bond acceptors (Lipinski definition) is 8. The summed E-state index contributed by atoms with van der Waals surface area (Å²) in [5.74, 6) is -4.47. The van der Waals surface area contributed by atoms with Crippen LogP contribution in [0.5, 0.6) is 0 Å². The fourth-order valence-electron chi connectivity index (χ4n) is 8.73. The van der Waals surface area contributed by atoms with Crippen LogP contribution in [0.15, 0.2) is 0 Å². The number of ether oxygens (including phenoxy) is 3. The van der Waals surface area contributed by atoms with Gasteiger partial charge in [0.25, 0.3) is 0 Å². The van der Waals surface area contributed by atoms with Crippen LogP contribution in [-0.2, 0) is 19.0 Å². The minimum atomic E-state index is -2.20. The molecule has 1 unspecified atom stereocenters. The average Bonchev–Trinajstić information content (AvgIpc) is 2.89. The number of Topliss-reactive ketones (excluding diaryl/α,β-unsaturated/α-hetero) is 1. The van der Waals surface area contributed by atoms with E-state index in [0.717, 1.165) is 0 Å². The van der Waals surface area contributed by atoms with Crippen molar-refractivity contribution in [3.05, 3.63) is 0 Å². The van der Waals surface area contributed by atoms with E-state index in [1.54, 1.807) is 0 Å². The molecular formula is C22H34O8. The maximum atomic E-state index is 13.9. The fraction of sp³-hybridized carbons (Fsp3) is 0.955. The summed E-state index contributed by atoms with van der Waals surface area (Å²) in [6, 6.07) is 0. The Morgan fingerprint density at radius 2 is 1.87 bits per heavy atom. The van der Waals surface area contributed by atoms with Gasteiger partial charge in [-0.2, -0.15) is 0 Å². The molecule has 6 rings (SSSR count). The lowest BCUT2D eigenvalue weighted by Gasteiger charge is -2.76. The van der Waals surface area contributed by atoms with Crippen LogP contribution in [0.4, 0.5) is 0 Å². The predicted octanol–water partition coefficient (Wildman–Crippen LogP) is 0.0545. The Hall–Kier alpha value is -0.610. The van der Waals surface area contributed by atoms with Gasteiger partial charge in [0.15, 0.2) is 12.1 Å². The summed E-state index contributed by atoms with van der Waals surface area (Å²) in [7, 11) is 2.97. The number of ketones is 1. The minimum absolute atomic E-state index is 0.174. The molecule has 30 heavy (non-hydrogen) atoms. The van der Waals surface area contributed by atoms with Gasteiger partial charge in [0.2, 0.25) is 5.79 Å². The average molecular weight is 427 g/mol. The van der Waals surface area contributed by atoms with Crippen molar-refractivity contribution in [2.75, 3.05) is 20.8 Å². The molecule has 8 nitrogen and oxygen atoms in total. The summed E-state index contributed by atoms with van der Waals surface area (Å²) >= 11 is 0. The molecule has 0 aromatic carbocycles. The molecule has 4 saturated carbocycles. The molecule has 0 amide bonds. The molecule has 2 aliphatic heterocycles. The standard InChI is InChI=1S/C22H34O8/c1-19(2)6-5-13(24)21-14-12(23)7-10-8-20(14,16(25)11(10)9-28-3)22(27,17(26)15(19)21)30-18(21)29-4/h10-15,17-18,23-24,26-27H,5-9H2,1-4H3/t10-,11-,12+,13+,14-,15-,17+,18?,20+,21-,22-/m1/s1. The first-order valence-corrected chi connectivity index (χ1v) is 11.0. The van der Waals surface area contributed by atoms with Crippen LogP contribution < -0.4 is 0 Å². The molecular weight excluding hydrogens is 392 g/mol. The van der Waals surface area contributed by atoms with Crippen LogP contribution in [0.1, 0.15) is 39.5 Å². The van der Waals surface area contributed by atoms with E-state index in [9.17, 15) is 25.2 Å². The van der Waals surface area contributed by atoms with Crippen LogP contribution in [0.25, 0.3) is 0 Å². The van der Waals surface area contributed by atoms with Gasteiger partial charge in [-0.1, -0.05) is 13.8 Å². The predicted molar refractivity (Wildman–Crippen MR) is 103 cm³/mol. The van der Waals surface area contributed by atoms with Crippen molar-refractivity contribution in [2.45, 2.75) is 69.9 Å². The Labute approximate surface area is 176 Å². The van der Waals surface area contributed by atoms with E-state index in [1.807, 2.05) is 13.8 Å². The third kappa shape index (κ3) is 2.01. The molecule has 170 valence electrons. The maximum Gasteiger partial charge on any atom is 0.208 e. The van der Waals surface area contributed by atoms with Crippen molar-refractivity contribution in [2.24, 2.45) is 39.9 Å². The third-order valence-corrected chi connectivity index (χ3v) is 9.56. The highest BCUT2D eigenvalue weighted by Gasteiger charge is 2.88. The largest absolute Gasteiger partial charge is 0.393 e. The Bertz CT molecular complexity index is 755. The van der Waals surface area contributed by atoms with Gasteiger partial charge in [-0.05, 0) is 37.0 Å². The zero-order valence-electron chi connectivity index (χ0n) is 18.1. The Balaban J connectivity index is 1.79. The second-order valence-electron chi connectivity index (χ2n) is 11.0. The number of methoxy groups -OCH3 is 2. The number of aliphatic hydroxyl groups excluding tert-OH is 3. The Kier molecular flexibility index (Phi) is 4.42. The molecule has 2 spiro atoms. The lowest BCUT2D eigenvalue weighted by atomic mass is 9.35. The van der Waals surface area contributed by atoms with Crippen molar-refractivity contribution in [3.8, 4) is 0 Å².